The van der Waals surface area contributed by atoms with Gasteiger partial charge >= 0.3 is 0 Å². The van der Waals surface area contributed by atoms with E-state index >= 15 is 0 Å². The van der Waals surface area contributed by atoms with Crippen molar-refractivity contribution in [2.45, 2.75) is 19.5 Å². The molecule has 22 heavy (non-hydrogen) atoms. The predicted octanol–water partition coefficient (Wildman–Crippen LogP) is 0.776. The monoisotopic (exact) mass is 302 g/mol. The summed E-state index contributed by atoms with van der Waals surface area (Å²) in [6.45, 7) is 2.51. The summed E-state index contributed by atoms with van der Waals surface area (Å²) in [5.41, 5.74) is 0.809. The van der Waals surface area contributed by atoms with Gasteiger partial charge in [-0.05, 0) is 24.6 Å². The molecule has 2 heterocycles. The van der Waals surface area contributed by atoms with Crippen LogP contribution < -0.4 is 10.9 Å². The number of pyridine rings is 1. The van der Waals surface area contributed by atoms with Crippen LogP contribution in [0.15, 0.2) is 41.5 Å². The van der Waals surface area contributed by atoms with Crippen LogP contribution in [0.2, 0.25) is 0 Å². The minimum Gasteiger partial charge on any atom is -0.383 e. The maximum absolute atomic E-state index is 12.2. The van der Waals surface area contributed by atoms with Gasteiger partial charge in [0.25, 0.3) is 11.5 Å². The van der Waals surface area contributed by atoms with E-state index in [0.717, 1.165) is 5.56 Å². The van der Waals surface area contributed by atoms with Crippen LogP contribution in [-0.2, 0) is 11.3 Å². The van der Waals surface area contributed by atoms with Crippen LogP contribution in [-0.4, -0.2) is 34.4 Å². The summed E-state index contributed by atoms with van der Waals surface area (Å²) in [5, 5.41) is 6.88. The summed E-state index contributed by atoms with van der Waals surface area (Å²) in [4.78, 5) is 27.9. The Morgan fingerprint density at radius 2 is 2.23 bits per heavy atom. The first-order valence-corrected chi connectivity index (χ1v) is 6.89. The molecular formula is C15H18N4O3. The number of ether oxygens (including phenoxy) is 1. The SMILES string of the molecule is COCCn1nc(C(=O)NC(C)c2cccnc2)ccc1=O. The fourth-order valence-electron chi connectivity index (χ4n) is 1.89. The van der Waals surface area contributed by atoms with Crippen molar-refractivity contribution < 1.29 is 9.53 Å². The zero-order valence-electron chi connectivity index (χ0n) is 12.5. The molecule has 0 aliphatic carbocycles. The Morgan fingerprint density at radius 1 is 1.41 bits per heavy atom. The molecule has 1 amide bonds. The first-order chi connectivity index (χ1) is 10.6. The van der Waals surface area contributed by atoms with Gasteiger partial charge in [-0.3, -0.25) is 14.6 Å². The number of carbonyl (C=O) groups is 1. The molecule has 7 nitrogen and oxygen atoms in total. The van der Waals surface area contributed by atoms with E-state index in [2.05, 4.69) is 15.4 Å². The van der Waals surface area contributed by atoms with Crippen molar-refractivity contribution in [3.05, 3.63) is 58.3 Å². The van der Waals surface area contributed by atoms with Crippen LogP contribution in [0.25, 0.3) is 0 Å². The smallest absolute Gasteiger partial charge is 0.272 e. The van der Waals surface area contributed by atoms with Crippen molar-refractivity contribution in [3.8, 4) is 0 Å². The van der Waals surface area contributed by atoms with E-state index in [4.69, 9.17) is 4.74 Å². The van der Waals surface area contributed by atoms with Gasteiger partial charge in [0.05, 0.1) is 19.2 Å². The van der Waals surface area contributed by atoms with Crippen molar-refractivity contribution in [3.63, 3.8) is 0 Å². The normalized spacial score (nSPS) is 11.9. The minimum absolute atomic E-state index is 0.187. The van der Waals surface area contributed by atoms with Crippen LogP contribution >= 0.6 is 0 Å². The van der Waals surface area contributed by atoms with E-state index in [1.54, 1.807) is 18.5 Å². The highest BCUT2D eigenvalue weighted by Gasteiger charge is 2.14. The van der Waals surface area contributed by atoms with E-state index < -0.39 is 0 Å². The number of amides is 1. The van der Waals surface area contributed by atoms with E-state index in [0.29, 0.717) is 13.2 Å². The van der Waals surface area contributed by atoms with E-state index in [1.165, 1.54) is 23.9 Å². The Kier molecular flexibility index (Phi) is 5.37. The molecule has 2 rings (SSSR count). The second kappa shape index (κ2) is 7.46. The summed E-state index contributed by atoms with van der Waals surface area (Å²) in [6.07, 6.45) is 3.36. The zero-order chi connectivity index (χ0) is 15.9. The fourth-order valence-corrected chi connectivity index (χ4v) is 1.89. The van der Waals surface area contributed by atoms with Gasteiger partial charge in [-0.1, -0.05) is 6.07 Å². The van der Waals surface area contributed by atoms with Gasteiger partial charge in [-0.25, -0.2) is 4.68 Å². The molecule has 0 aromatic carbocycles. The van der Waals surface area contributed by atoms with Crippen LogP contribution in [0, 0.1) is 0 Å². The molecule has 0 saturated carbocycles. The molecule has 7 heteroatoms. The molecule has 0 radical (unpaired) electrons. The summed E-state index contributed by atoms with van der Waals surface area (Å²) >= 11 is 0. The molecule has 0 aliphatic rings. The summed E-state index contributed by atoms with van der Waals surface area (Å²) in [7, 11) is 1.54. The lowest BCUT2D eigenvalue weighted by Gasteiger charge is -2.14. The Hall–Kier alpha value is -2.54. The van der Waals surface area contributed by atoms with Crippen LogP contribution in [0.3, 0.4) is 0 Å². The van der Waals surface area contributed by atoms with Crippen molar-refractivity contribution in [2.75, 3.05) is 13.7 Å². The Balaban J connectivity index is 2.11. The number of hydrogen-bond donors (Lipinski definition) is 1. The van der Waals surface area contributed by atoms with Gasteiger partial charge in [0.1, 0.15) is 5.69 Å². The van der Waals surface area contributed by atoms with Gasteiger partial charge in [0.15, 0.2) is 0 Å². The molecule has 1 unspecified atom stereocenters. The molecule has 0 spiro atoms. The third-order valence-corrected chi connectivity index (χ3v) is 3.14. The summed E-state index contributed by atoms with van der Waals surface area (Å²) in [5.74, 6) is -0.345. The molecule has 1 atom stereocenters. The van der Waals surface area contributed by atoms with Crippen molar-refractivity contribution in [1.82, 2.24) is 20.1 Å². The van der Waals surface area contributed by atoms with E-state index in [9.17, 15) is 9.59 Å². The summed E-state index contributed by atoms with van der Waals surface area (Å²) in [6, 6.07) is 6.22. The van der Waals surface area contributed by atoms with Crippen LogP contribution in [0.1, 0.15) is 29.0 Å². The maximum Gasteiger partial charge on any atom is 0.272 e. The van der Waals surface area contributed by atoms with Gasteiger partial charge in [-0.15, -0.1) is 0 Å². The number of nitrogens with zero attached hydrogens (tertiary/aromatic N) is 3. The predicted molar refractivity (Wildman–Crippen MR) is 80.5 cm³/mol. The summed E-state index contributed by atoms with van der Waals surface area (Å²) < 4.78 is 6.13. The largest absolute Gasteiger partial charge is 0.383 e. The molecular weight excluding hydrogens is 284 g/mol. The maximum atomic E-state index is 12.2. The standard InChI is InChI=1S/C15H18N4O3/c1-11(12-4-3-7-16-10-12)17-15(21)13-5-6-14(20)19(18-13)8-9-22-2/h3-7,10-11H,8-9H2,1-2H3,(H,17,21). The minimum atomic E-state index is -0.345. The second-order valence-corrected chi connectivity index (χ2v) is 4.75. The molecule has 0 saturated heterocycles. The zero-order valence-corrected chi connectivity index (χ0v) is 12.5. The van der Waals surface area contributed by atoms with E-state index in [1.807, 2.05) is 13.0 Å². The lowest BCUT2D eigenvalue weighted by molar-refractivity contribution is 0.0931. The van der Waals surface area contributed by atoms with E-state index in [-0.39, 0.29) is 23.2 Å². The molecule has 0 fully saturated rings. The lowest BCUT2D eigenvalue weighted by Crippen LogP contribution is -2.31. The Bertz CT molecular complexity index is 685. The van der Waals surface area contributed by atoms with Gasteiger partial charge in [0, 0.05) is 25.6 Å². The topological polar surface area (TPSA) is 86.1 Å². The van der Waals surface area contributed by atoms with Crippen molar-refractivity contribution in [2.24, 2.45) is 0 Å². The molecule has 0 aliphatic heterocycles. The fraction of sp³-hybridized carbons (Fsp3) is 0.333. The van der Waals surface area contributed by atoms with Crippen molar-refractivity contribution >= 4 is 5.91 Å². The molecule has 2 aromatic rings. The highest BCUT2D eigenvalue weighted by Crippen LogP contribution is 2.10. The average molecular weight is 302 g/mol. The second-order valence-electron chi connectivity index (χ2n) is 4.75. The lowest BCUT2D eigenvalue weighted by atomic mass is 10.1. The first-order valence-electron chi connectivity index (χ1n) is 6.89. The van der Waals surface area contributed by atoms with Gasteiger partial charge in [-0.2, -0.15) is 5.10 Å². The number of methoxy groups -OCH3 is 1. The van der Waals surface area contributed by atoms with Crippen LogP contribution in [0.4, 0.5) is 0 Å². The molecule has 0 bridgehead atoms. The number of nitrogens with one attached hydrogen (secondary N) is 1. The van der Waals surface area contributed by atoms with Gasteiger partial charge in [0.2, 0.25) is 0 Å². The highest BCUT2D eigenvalue weighted by molar-refractivity contribution is 5.92. The quantitative estimate of drug-likeness (QED) is 0.852. The molecule has 116 valence electrons. The average Bonchev–Trinajstić information content (AvgIpc) is 2.54. The number of carbonyl (C=O) groups excluding carboxylic acids is 1. The third kappa shape index (κ3) is 3.98. The highest BCUT2D eigenvalue weighted by atomic mass is 16.5. The van der Waals surface area contributed by atoms with Gasteiger partial charge < -0.3 is 10.1 Å². The Labute approximate surface area is 128 Å². The number of aromatic nitrogens is 3. The molecule has 1 N–H and O–H groups in total. The number of hydrogen-bond acceptors (Lipinski definition) is 5. The third-order valence-electron chi connectivity index (χ3n) is 3.14. The van der Waals surface area contributed by atoms with Crippen molar-refractivity contribution in [1.29, 1.82) is 0 Å². The van der Waals surface area contributed by atoms with Crippen LogP contribution in [0.5, 0.6) is 0 Å². The number of rotatable bonds is 6. The Morgan fingerprint density at radius 3 is 2.91 bits per heavy atom. The first kappa shape index (κ1) is 15.8. The molecule has 2 aromatic heterocycles.